The molecule has 0 aromatic carbocycles. The lowest BCUT2D eigenvalue weighted by molar-refractivity contribution is 0.241. The lowest BCUT2D eigenvalue weighted by Gasteiger charge is -2.26. The van der Waals surface area contributed by atoms with E-state index in [1.54, 1.807) is 11.3 Å². The third-order valence-corrected chi connectivity index (χ3v) is 4.68. The molecule has 0 saturated heterocycles. The Labute approximate surface area is 126 Å². The lowest BCUT2D eigenvalue weighted by atomic mass is 10.1. The van der Waals surface area contributed by atoms with Crippen molar-refractivity contribution < 1.29 is 0 Å². The molecular formula is C14H18BrN3S. The molecule has 0 aliphatic rings. The highest BCUT2D eigenvalue weighted by atomic mass is 79.9. The summed E-state index contributed by atoms with van der Waals surface area (Å²) >= 11 is 5.20. The maximum Gasteiger partial charge on any atom is 0.0701 e. The summed E-state index contributed by atoms with van der Waals surface area (Å²) in [5.41, 5.74) is 9.43. The topological polar surface area (TPSA) is 42.1 Å². The summed E-state index contributed by atoms with van der Waals surface area (Å²) in [5.74, 6) is 0. The third kappa shape index (κ3) is 3.86. The average molecular weight is 340 g/mol. The van der Waals surface area contributed by atoms with E-state index >= 15 is 0 Å². The Bertz CT molecular complexity index is 524. The van der Waals surface area contributed by atoms with Gasteiger partial charge in [-0.25, -0.2) is 0 Å². The number of aromatic nitrogens is 1. The normalized spacial score (nSPS) is 12.9. The maximum atomic E-state index is 5.93. The molecule has 0 radical (unpaired) electrons. The quantitative estimate of drug-likeness (QED) is 0.908. The van der Waals surface area contributed by atoms with Crippen molar-refractivity contribution in [2.45, 2.75) is 19.5 Å². The molecule has 19 heavy (non-hydrogen) atoms. The smallest absolute Gasteiger partial charge is 0.0701 e. The predicted octanol–water partition coefficient (Wildman–Crippen LogP) is 3.35. The van der Waals surface area contributed by atoms with E-state index in [1.807, 2.05) is 19.2 Å². The number of likely N-dealkylation sites (N-methyl/N-ethyl adjacent to an activating group) is 1. The van der Waals surface area contributed by atoms with Crippen molar-refractivity contribution >= 4 is 27.3 Å². The second kappa shape index (κ2) is 6.61. The summed E-state index contributed by atoms with van der Waals surface area (Å²) in [6.45, 7) is 3.47. The Balaban J connectivity index is 2.10. The number of aryl methyl sites for hydroxylation is 1. The number of halogens is 1. The van der Waals surface area contributed by atoms with Gasteiger partial charge in [0.1, 0.15) is 0 Å². The molecule has 0 amide bonds. The van der Waals surface area contributed by atoms with Crippen LogP contribution < -0.4 is 5.73 Å². The summed E-state index contributed by atoms with van der Waals surface area (Å²) < 4.78 is 1.16. The highest BCUT2D eigenvalue weighted by molar-refractivity contribution is 9.11. The van der Waals surface area contributed by atoms with Gasteiger partial charge >= 0.3 is 0 Å². The maximum absolute atomic E-state index is 5.93. The molecule has 2 N–H and O–H groups in total. The van der Waals surface area contributed by atoms with Crippen LogP contribution in [0.3, 0.4) is 0 Å². The van der Waals surface area contributed by atoms with E-state index < -0.39 is 0 Å². The first-order valence-electron chi connectivity index (χ1n) is 6.16. The number of hydrogen-bond donors (Lipinski definition) is 1. The van der Waals surface area contributed by atoms with Gasteiger partial charge in [0.15, 0.2) is 0 Å². The van der Waals surface area contributed by atoms with Crippen LogP contribution in [-0.2, 0) is 6.54 Å². The zero-order chi connectivity index (χ0) is 13.8. The number of rotatable bonds is 5. The number of thiophene rings is 1. The van der Waals surface area contributed by atoms with Gasteiger partial charge in [-0.1, -0.05) is 6.07 Å². The van der Waals surface area contributed by atoms with Crippen LogP contribution in [0.1, 0.15) is 22.9 Å². The SMILES string of the molecule is Cc1ccc(C(CN)N(C)Cc2csc(Br)c2)cn1. The Morgan fingerprint density at radius 2 is 2.26 bits per heavy atom. The van der Waals surface area contributed by atoms with Crippen LogP contribution in [0.15, 0.2) is 33.6 Å². The van der Waals surface area contributed by atoms with Crippen LogP contribution in [0.4, 0.5) is 0 Å². The van der Waals surface area contributed by atoms with Crippen molar-refractivity contribution in [3.05, 3.63) is 50.4 Å². The van der Waals surface area contributed by atoms with Crippen molar-refractivity contribution in [1.29, 1.82) is 0 Å². The Hall–Kier alpha value is -0.750. The minimum absolute atomic E-state index is 0.201. The van der Waals surface area contributed by atoms with Crippen LogP contribution in [-0.4, -0.2) is 23.5 Å². The molecule has 0 saturated carbocycles. The van der Waals surface area contributed by atoms with Crippen LogP contribution in [0.2, 0.25) is 0 Å². The van der Waals surface area contributed by atoms with Crippen LogP contribution in [0.5, 0.6) is 0 Å². The van der Waals surface area contributed by atoms with Crippen molar-refractivity contribution in [3.8, 4) is 0 Å². The van der Waals surface area contributed by atoms with Crippen molar-refractivity contribution in [2.24, 2.45) is 5.73 Å². The van der Waals surface area contributed by atoms with E-state index in [4.69, 9.17) is 5.73 Å². The summed E-state index contributed by atoms with van der Waals surface area (Å²) in [6, 6.07) is 6.50. The molecule has 1 atom stereocenters. The fourth-order valence-corrected chi connectivity index (χ4v) is 3.27. The number of hydrogen-bond acceptors (Lipinski definition) is 4. The molecule has 0 spiro atoms. The van der Waals surface area contributed by atoms with Crippen molar-refractivity contribution in [1.82, 2.24) is 9.88 Å². The zero-order valence-corrected chi connectivity index (χ0v) is 13.5. The zero-order valence-electron chi connectivity index (χ0n) is 11.1. The highest BCUT2D eigenvalue weighted by Crippen LogP contribution is 2.24. The molecule has 2 heterocycles. The van der Waals surface area contributed by atoms with Crippen molar-refractivity contribution in [2.75, 3.05) is 13.6 Å². The van der Waals surface area contributed by atoms with Gasteiger partial charge in [-0.2, -0.15) is 0 Å². The van der Waals surface area contributed by atoms with E-state index in [1.165, 1.54) is 11.1 Å². The first-order chi connectivity index (χ1) is 9.10. The summed E-state index contributed by atoms with van der Waals surface area (Å²) in [5, 5.41) is 2.17. The van der Waals surface area contributed by atoms with E-state index in [-0.39, 0.29) is 6.04 Å². The van der Waals surface area contributed by atoms with Gasteiger partial charge in [0.05, 0.1) is 3.79 Å². The molecule has 2 rings (SSSR count). The first kappa shape index (κ1) is 14.7. The van der Waals surface area contributed by atoms with E-state index in [0.717, 1.165) is 16.0 Å². The first-order valence-corrected chi connectivity index (χ1v) is 7.83. The van der Waals surface area contributed by atoms with Crippen molar-refractivity contribution in [3.63, 3.8) is 0 Å². The van der Waals surface area contributed by atoms with Crippen LogP contribution >= 0.6 is 27.3 Å². The lowest BCUT2D eigenvalue weighted by Crippen LogP contribution is -2.30. The minimum atomic E-state index is 0.201. The predicted molar refractivity (Wildman–Crippen MR) is 84.3 cm³/mol. The third-order valence-electron chi connectivity index (χ3n) is 3.13. The number of nitrogens with zero attached hydrogens (tertiary/aromatic N) is 2. The molecule has 0 aliphatic carbocycles. The molecule has 1 unspecified atom stereocenters. The standard InChI is InChI=1S/C14H18BrN3S/c1-10-3-4-12(7-17-10)13(6-16)18(2)8-11-5-14(15)19-9-11/h3-5,7,9,13H,6,8,16H2,1-2H3. The molecule has 102 valence electrons. The van der Waals surface area contributed by atoms with Gasteiger partial charge in [-0.15, -0.1) is 11.3 Å². The Morgan fingerprint density at radius 1 is 1.47 bits per heavy atom. The summed E-state index contributed by atoms with van der Waals surface area (Å²) in [4.78, 5) is 6.62. The van der Waals surface area contributed by atoms with E-state index in [9.17, 15) is 0 Å². The van der Waals surface area contributed by atoms with E-state index in [0.29, 0.717) is 6.54 Å². The van der Waals surface area contributed by atoms with Crippen LogP contribution in [0, 0.1) is 6.92 Å². The monoisotopic (exact) mass is 339 g/mol. The van der Waals surface area contributed by atoms with Gasteiger partial charge in [-0.3, -0.25) is 9.88 Å². The molecule has 2 aromatic rings. The molecule has 0 bridgehead atoms. The summed E-state index contributed by atoms with van der Waals surface area (Å²) in [6.07, 6.45) is 1.92. The average Bonchev–Trinajstić information content (AvgIpc) is 2.78. The largest absolute Gasteiger partial charge is 0.329 e. The van der Waals surface area contributed by atoms with Gasteiger partial charge in [-0.05, 0) is 58.5 Å². The Kier molecular flexibility index (Phi) is 5.10. The van der Waals surface area contributed by atoms with Gasteiger partial charge < -0.3 is 5.73 Å². The van der Waals surface area contributed by atoms with E-state index in [2.05, 4.69) is 50.4 Å². The van der Waals surface area contributed by atoms with Gasteiger partial charge in [0.25, 0.3) is 0 Å². The molecule has 0 fully saturated rings. The fourth-order valence-electron chi connectivity index (χ4n) is 2.07. The van der Waals surface area contributed by atoms with Gasteiger partial charge in [0, 0.05) is 31.0 Å². The Morgan fingerprint density at radius 3 is 2.79 bits per heavy atom. The molecule has 2 aromatic heterocycles. The summed E-state index contributed by atoms with van der Waals surface area (Å²) in [7, 11) is 2.10. The van der Waals surface area contributed by atoms with Crippen LogP contribution in [0.25, 0.3) is 0 Å². The fraction of sp³-hybridized carbons (Fsp3) is 0.357. The second-order valence-corrected chi connectivity index (χ2v) is 6.95. The molecule has 3 nitrogen and oxygen atoms in total. The highest BCUT2D eigenvalue weighted by Gasteiger charge is 2.16. The number of pyridine rings is 1. The molecule has 0 aliphatic heterocycles. The van der Waals surface area contributed by atoms with Gasteiger partial charge in [0.2, 0.25) is 0 Å². The number of nitrogens with two attached hydrogens (primary N) is 1. The molecular weight excluding hydrogens is 322 g/mol. The minimum Gasteiger partial charge on any atom is -0.329 e. The second-order valence-electron chi connectivity index (χ2n) is 4.66. The molecule has 5 heteroatoms.